The molecule has 0 spiro atoms. The average molecular weight is 212 g/mol. The van der Waals surface area contributed by atoms with Gasteiger partial charge in [0.2, 0.25) is 0 Å². The van der Waals surface area contributed by atoms with Gasteiger partial charge in [0.25, 0.3) is 0 Å². The van der Waals surface area contributed by atoms with E-state index < -0.39 is 0 Å². The Morgan fingerprint density at radius 2 is 2.27 bits per heavy atom. The summed E-state index contributed by atoms with van der Waals surface area (Å²) in [5.74, 6) is -0.0321. The molecule has 0 radical (unpaired) electrons. The molecule has 2 unspecified atom stereocenters. The van der Waals surface area contributed by atoms with Gasteiger partial charge in [0, 0.05) is 13.3 Å². The molecule has 1 rings (SSSR count). The van der Waals surface area contributed by atoms with Crippen LogP contribution >= 0.6 is 0 Å². The maximum atomic E-state index is 11.7. The molecule has 0 bridgehead atoms. The molecule has 0 N–H and O–H groups in total. The fourth-order valence-corrected chi connectivity index (χ4v) is 2.24. The zero-order chi connectivity index (χ0) is 11.3. The Morgan fingerprint density at radius 1 is 1.53 bits per heavy atom. The van der Waals surface area contributed by atoms with Crippen LogP contribution in [0.5, 0.6) is 0 Å². The van der Waals surface area contributed by atoms with E-state index in [1.165, 1.54) is 6.92 Å². The summed E-state index contributed by atoms with van der Waals surface area (Å²) in [6.45, 7) is 3.46. The SMILES string of the molecule is CCCC(OC(C)=O)C1CCCCC1=O. The topological polar surface area (TPSA) is 43.4 Å². The largest absolute Gasteiger partial charge is 0.462 e. The van der Waals surface area contributed by atoms with E-state index in [9.17, 15) is 9.59 Å². The lowest BCUT2D eigenvalue weighted by molar-refractivity contribution is -0.152. The summed E-state index contributed by atoms with van der Waals surface area (Å²) in [6.07, 6.45) is 5.19. The highest BCUT2D eigenvalue weighted by Gasteiger charge is 2.31. The van der Waals surface area contributed by atoms with Gasteiger partial charge in [-0.25, -0.2) is 0 Å². The molecular weight excluding hydrogens is 192 g/mol. The highest BCUT2D eigenvalue weighted by atomic mass is 16.5. The summed E-state index contributed by atoms with van der Waals surface area (Å²) in [5.41, 5.74) is 0. The molecule has 1 saturated carbocycles. The molecule has 1 fully saturated rings. The van der Waals surface area contributed by atoms with E-state index in [1.807, 2.05) is 6.92 Å². The lowest BCUT2D eigenvalue weighted by Crippen LogP contribution is -2.34. The number of rotatable bonds is 4. The van der Waals surface area contributed by atoms with Gasteiger partial charge in [-0.15, -0.1) is 0 Å². The summed E-state index contributed by atoms with van der Waals surface area (Å²) in [4.78, 5) is 22.6. The van der Waals surface area contributed by atoms with Crippen LogP contribution < -0.4 is 0 Å². The van der Waals surface area contributed by atoms with Crippen molar-refractivity contribution in [2.24, 2.45) is 5.92 Å². The molecule has 86 valence electrons. The maximum absolute atomic E-state index is 11.7. The summed E-state index contributed by atoms with van der Waals surface area (Å²) in [5, 5.41) is 0. The molecular formula is C12H20O3. The average Bonchev–Trinajstić information content (AvgIpc) is 2.17. The van der Waals surface area contributed by atoms with Crippen LogP contribution in [-0.2, 0) is 14.3 Å². The van der Waals surface area contributed by atoms with Gasteiger partial charge in [0.15, 0.2) is 0 Å². The molecule has 0 aliphatic heterocycles. The van der Waals surface area contributed by atoms with Crippen molar-refractivity contribution in [1.82, 2.24) is 0 Å². The van der Waals surface area contributed by atoms with E-state index in [0.717, 1.165) is 32.1 Å². The third kappa shape index (κ3) is 3.65. The number of carbonyl (C=O) groups excluding carboxylic acids is 2. The first kappa shape index (κ1) is 12.2. The lowest BCUT2D eigenvalue weighted by atomic mass is 9.82. The van der Waals surface area contributed by atoms with Crippen LogP contribution in [0.25, 0.3) is 0 Å². The normalized spacial score (nSPS) is 23.6. The molecule has 0 aromatic rings. The molecule has 1 aliphatic rings. The van der Waals surface area contributed by atoms with Crippen LogP contribution in [0.4, 0.5) is 0 Å². The number of esters is 1. The molecule has 15 heavy (non-hydrogen) atoms. The second-order valence-electron chi connectivity index (χ2n) is 4.26. The standard InChI is InChI=1S/C12H20O3/c1-3-6-12(15-9(2)13)10-7-4-5-8-11(10)14/h10,12H,3-8H2,1-2H3. The monoisotopic (exact) mass is 212 g/mol. The minimum atomic E-state index is -0.271. The molecule has 3 nitrogen and oxygen atoms in total. The van der Waals surface area contributed by atoms with Gasteiger partial charge in [0.05, 0.1) is 5.92 Å². The first-order chi connectivity index (χ1) is 7.15. The van der Waals surface area contributed by atoms with E-state index in [4.69, 9.17) is 4.74 Å². The van der Waals surface area contributed by atoms with Crippen LogP contribution in [0.15, 0.2) is 0 Å². The van der Waals surface area contributed by atoms with Crippen molar-refractivity contribution in [3.8, 4) is 0 Å². The lowest BCUT2D eigenvalue weighted by Gasteiger charge is -2.28. The van der Waals surface area contributed by atoms with Crippen molar-refractivity contribution < 1.29 is 14.3 Å². The van der Waals surface area contributed by atoms with Crippen LogP contribution in [0, 0.1) is 5.92 Å². The van der Waals surface area contributed by atoms with Crippen molar-refractivity contribution in [3.05, 3.63) is 0 Å². The van der Waals surface area contributed by atoms with Gasteiger partial charge in [-0.3, -0.25) is 9.59 Å². The second-order valence-corrected chi connectivity index (χ2v) is 4.26. The highest BCUT2D eigenvalue weighted by molar-refractivity contribution is 5.82. The van der Waals surface area contributed by atoms with Gasteiger partial charge in [-0.1, -0.05) is 19.8 Å². The zero-order valence-corrected chi connectivity index (χ0v) is 9.62. The Hall–Kier alpha value is -0.860. The molecule has 3 heteroatoms. The Kier molecular flexibility index (Phi) is 4.79. The molecule has 0 saturated heterocycles. The Balaban J connectivity index is 2.59. The molecule has 0 aromatic carbocycles. The molecule has 1 aliphatic carbocycles. The number of ketones is 1. The van der Waals surface area contributed by atoms with Gasteiger partial charge < -0.3 is 4.74 Å². The Bertz CT molecular complexity index is 235. The third-order valence-corrected chi connectivity index (χ3v) is 2.94. The molecule has 0 amide bonds. The summed E-state index contributed by atoms with van der Waals surface area (Å²) in [7, 11) is 0. The second kappa shape index (κ2) is 5.89. The highest BCUT2D eigenvalue weighted by Crippen LogP contribution is 2.27. The van der Waals surface area contributed by atoms with Gasteiger partial charge in [-0.2, -0.15) is 0 Å². The Labute approximate surface area is 91.2 Å². The fourth-order valence-electron chi connectivity index (χ4n) is 2.24. The van der Waals surface area contributed by atoms with Crippen molar-refractivity contribution in [1.29, 1.82) is 0 Å². The Morgan fingerprint density at radius 3 is 2.80 bits per heavy atom. The summed E-state index contributed by atoms with van der Waals surface area (Å²) in [6, 6.07) is 0. The number of Topliss-reactive ketones (excluding diaryl/α,β-unsaturated/α-hetero) is 1. The fraction of sp³-hybridized carbons (Fsp3) is 0.833. The molecule has 2 atom stereocenters. The van der Waals surface area contributed by atoms with Gasteiger partial charge >= 0.3 is 5.97 Å². The minimum Gasteiger partial charge on any atom is -0.462 e. The van der Waals surface area contributed by atoms with Crippen molar-refractivity contribution in [2.45, 2.75) is 58.5 Å². The number of hydrogen-bond acceptors (Lipinski definition) is 3. The summed E-state index contributed by atoms with van der Waals surface area (Å²) < 4.78 is 5.24. The third-order valence-electron chi connectivity index (χ3n) is 2.94. The van der Waals surface area contributed by atoms with Gasteiger partial charge in [0.1, 0.15) is 11.9 Å². The van der Waals surface area contributed by atoms with E-state index in [0.29, 0.717) is 6.42 Å². The first-order valence-electron chi connectivity index (χ1n) is 5.85. The number of hydrogen-bond donors (Lipinski definition) is 0. The maximum Gasteiger partial charge on any atom is 0.302 e. The van der Waals surface area contributed by atoms with Crippen LogP contribution in [0.2, 0.25) is 0 Å². The van der Waals surface area contributed by atoms with E-state index >= 15 is 0 Å². The number of ether oxygens (including phenoxy) is 1. The van der Waals surface area contributed by atoms with E-state index in [2.05, 4.69) is 0 Å². The van der Waals surface area contributed by atoms with Crippen LogP contribution in [0.3, 0.4) is 0 Å². The van der Waals surface area contributed by atoms with Crippen molar-refractivity contribution >= 4 is 11.8 Å². The van der Waals surface area contributed by atoms with E-state index in [1.54, 1.807) is 0 Å². The smallest absolute Gasteiger partial charge is 0.302 e. The summed E-state index contributed by atoms with van der Waals surface area (Å²) >= 11 is 0. The molecule has 0 aromatic heterocycles. The van der Waals surface area contributed by atoms with E-state index in [-0.39, 0.29) is 23.8 Å². The van der Waals surface area contributed by atoms with Crippen LogP contribution in [-0.4, -0.2) is 17.9 Å². The first-order valence-corrected chi connectivity index (χ1v) is 5.85. The minimum absolute atomic E-state index is 0.0393. The predicted molar refractivity (Wildman–Crippen MR) is 57.4 cm³/mol. The zero-order valence-electron chi connectivity index (χ0n) is 9.62. The quantitative estimate of drug-likeness (QED) is 0.672. The van der Waals surface area contributed by atoms with Gasteiger partial charge in [-0.05, 0) is 19.3 Å². The molecule has 0 heterocycles. The van der Waals surface area contributed by atoms with Crippen LogP contribution in [0.1, 0.15) is 52.4 Å². The number of carbonyl (C=O) groups is 2. The predicted octanol–water partition coefficient (Wildman–Crippen LogP) is 2.48. The van der Waals surface area contributed by atoms with Crippen molar-refractivity contribution in [2.75, 3.05) is 0 Å². The van der Waals surface area contributed by atoms with Crippen molar-refractivity contribution in [3.63, 3.8) is 0 Å².